The lowest BCUT2D eigenvalue weighted by Crippen LogP contribution is -2.54. The van der Waals surface area contributed by atoms with Crippen molar-refractivity contribution < 1.29 is 24.2 Å². The largest absolute Gasteiger partial charge is 0.479 e. The third-order valence-corrected chi connectivity index (χ3v) is 5.15. The lowest BCUT2D eigenvalue weighted by molar-refractivity contribution is -0.143. The van der Waals surface area contributed by atoms with Gasteiger partial charge in [0, 0.05) is 30.0 Å². The van der Waals surface area contributed by atoms with Crippen molar-refractivity contribution in [3.63, 3.8) is 0 Å². The number of ether oxygens (including phenoxy) is 2. The molecule has 2 saturated heterocycles. The Labute approximate surface area is 137 Å². The average Bonchev–Trinajstić information content (AvgIpc) is 3.20. The lowest BCUT2D eigenvalue weighted by Gasteiger charge is -2.24. The van der Waals surface area contributed by atoms with Crippen LogP contribution in [0.5, 0.6) is 5.88 Å². The summed E-state index contributed by atoms with van der Waals surface area (Å²) in [5.41, 5.74) is -0.850. The first-order chi connectivity index (χ1) is 11.1. The molecule has 1 aromatic rings. The van der Waals surface area contributed by atoms with E-state index < -0.39 is 17.4 Å². The number of aromatic nitrogens is 1. The van der Waals surface area contributed by atoms with Gasteiger partial charge >= 0.3 is 5.97 Å². The van der Waals surface area contributed by atoms with Gasteiger partial charge < -0.3 is 19.9 Å². The van der Waals surface area contributed by atoms with Crippen LogP contribution in [-0.2, 0) is 9.53 Å². The topological polar surface area (TPSA) is 97.8 Å². The Morgan fingerprint density at radius 3 is 3.04 bits per heavy atom. The molecule has 2 aliphatic rings. The maximum atomic E-state index is 12.4. The molecule has 0 saturated carbocycles. The van der Waals surface area contributed by atoms with E-state index in [1.54, 1.807) is 6.07 Å². The molecule has 2 N–H and O–H groups in total. The molecule has 1 amide bonds. The van der Waals surface area contributed by atoms with Gasteiger partial charge in [0.25, 0.3) is 5.91 Å². The zero-order valence-corrected chi connectivity index (χ0v) is 13.3. The van der Waals surface area contributed by atoms with Crippen molar-refractivity contribution in [2.75, 3.05) is 24.7 Å². The van der Waals surface area contributed by atoms with Crippen LogP contribution in [0.4, 0.5) is 0 Å². The van der Waals surface area contributed by atoms with Gasteiger partial charge in [0.05, 0.1) is 13.2 Å². The number of carbonyl (C=O) groups is 2. The summed E-state index contributed by atoms with van der Waals surface area (Å²) < 4.78 is 10.9. The van der Waals surface area contributed by atoms with Crippen LogP contribution in [0.2, 0.25) is 0 Å². The monoisotopic (exact) mass is 338 g/mol. The van der Waals surface area contributed by atoms with E-state index in [1.807, 2.05) is 0 Å². The van der Waals surface area contributed by atoms with Crippen LogP contribution in [-0.4, -0.2) is 58.3 Å². The minimum absolute atomic E-state index is 0.0580. The number of aliphatic carboxylic acids is 1. The molecule has 3 rings (SSSR count). The molecule has 2 atom stereocenters. The number of hydrogen-bond acceptors (Lipinski definition) is 6. The predicted molar refractivity (Wildman–Crippen MR) is 83.9 cm³/mol. The minimum Gasteiger partial charge on any atom is -0.479 e. The first-order valence-corrected chi connectivity index (χ1v) is 8.59. The molecular weight excluding hydrogens is 320 g/mol. The molecule has 2 aliphatic heterocycles. The third kappa shape index (κ3) is 3.59. The van der Waals surface area contributed by atoms with E-state index in [0.29, 0.717) is 36.8 Å². The van der Waals surface area contributed by atoms with Crippen LogP contribution in [0.3, 0.4) is 0 Å². The van der Waals surface area contributed by atoms with Crippen molar-refractivity contribution in [3.05, 3.63) is 23.9 Å². The Morgan fingerprint density at radius 1 is 1.52 bits per heavy atom. The van der Waals surface area contributed by atoms with Gasteiger partial charge in [-0.2, -0.15) is 11.8 Å². The van der Waals surface area contributed by atoms with E-state index in [1.165, 1.54) is 24.0 Å². The van der Waals surface area contributed by atoms with Crippen molar-refractivity contribution in [2.45, 2.75) is 24.5 Å². The van der Waals surface area contributed by atoms with E-state index in [2.05, 4.69) is 10.3 Å². The molecule has 0 aliphatic carbocycles. The average molecular weight is 338 g/mol. The first-order valence-electron chi connectivity index (χ1n) is 7.43. The molecule has 0 radical (unpaired) electrons. The van der Waals surface area contributed by atoms with E-state index >= 15 is 0 Å². The third-order valence-electron chi connectivity index (χ3n) is 3.96. The Bertz CT molecular complexity index is 597. The fourth-order valence-electron chi connectivity index (χ4n) is 2.57. The van der Waals surface area contributed by atoms with Gasteiger partial charge in [-0.05, 0) is 18.2 Å². The number of thioether (sulfide) groups is 1. The highest BCUT2D eigenvalue weighted by atomic mass is 32.2. The van der Waals surface area contributed by atoms with E-state index in [9.17, 15) is 14.7 Å². The molecule has 3 heterocycles. The van der Waals surface area contributed by atoms with Crippen molar-refractivity contribution >= 4 is 23.6 Å². The molecule has 7 nitrogen and oxygen atoms in total. The second-order valence-electron chi connectivity index (χ2n) is 5.63. The normalized spacial score (nSPS) is 26.9. The van der Waals surface area contributed by atoms with Gasteiger partial charge in [0.2, 0.25) is 5.88 Å². The number of rotatable bonds is 5. The van der Waals surface area contributed by atoms with Gasteiger partial charge in [0.1, 0.15) is 11.6 Å². The smallest absolute Gasteiger partial charge is 0.330 e. The summed E-state index contributed by atoms with van der Waals surface area (Å²) in [5, 5.41) is 12.1. The highest BCUT2D eigenvalue weighted by Crippen LogP contribution is 2.28. The highest BCUT2D eigenvalue weighted by molar-refractivity contribution is 7.99. The van der Waals surface area contributed by atoms with E-state index in [-0.39, 0.29) is 6.10 Å². The molecule has 23 heavy (non-hydrogen) atoms. The maximum absolute atomic E-state index is 12.4. The Balaban J connectivity index is 1.70. The van der Waals surface area contributed by atoms with Crippen molar-refractivity contribution in [3.8, 4) is 5.88 Å². The number of carbonyl (C=O) groups excluding carboxylic acids is 1. The quantitative estimate of drug-likeness (QED) is 0.824. The summed E-state index contributed by atoms with van der Waals surface area (Å²) in [6.45, 7) is 1.17. The Hall–Kier alpha value is -1.80. The summed E-state index contributed by atoms with van der Waals surface area (Å²) in [6, 6.07) is 3.08. The summed E-state index contributed by atoms with van der Waals surface area (Å²) in [7, 11) is 0. The standard InChI is InChI=1S/C15H18N2O5S/c18-13(17-15(14(19)20)3-6-23-9-15)10-1-4-16-12(7-10)22-11-2-5-21-8-11/h1,4,7,11H,2-3,5-6,8-9H2,(H,17,18)(H,19,20). The lowest BCUT2D eigenvalue weighted by atomic mass is 9.98. The molecule has 1 aromatic heterocycles. The van der Waals surface area contributed by atoms with Crippen LogP contribution < -0.4 is 10.1 Å². The van der Waals surface area contributed by atoms with Crippen LogP contribution in [0.15, 0.2) is 18.3 Å². The summed E-state index contributed by atoms with van der Waals surface area (Å²) in [5.74, 6) is 0.0218. The number of hydrogen-bond donors (Lipinski definition) is 2. The number of carboxylic acid groups (broad SMARTS) is 1. The van der Waals surface area contributed by atoms with Crippen molar-refractivity contribution in [1.82, 2.24) is 10.3 Å². The second kappa shape index (κ2) is 6.76. The second-order valence-corrected chi connectivity index (χ2v) is 6.74. The molecule has 0 bridgehead atoms. The molecule has 2 unspecified atom stereocenters. The van der Waals surface area contributed by atoms with Gasteiger partial charge in [-0.25, -0.2) is 9.78 Å². The zero-order chi connectivity index (χ0) is 16.3. The maximum Gasteiger partial charge on any atom is 0.330 e. The van der Waals surface area contributed by atoms with Crippen molar-refractivity contribution in [2.24, 2.45) is 0 Å². The number of nitrogens with zero attached hydrogens (tertiary/aromatic N) is 1. The Kier molecular flexibility index (Phi) is 4.72. The van der Waals surface area contributed by atoms with Crippen LogP contribution in [0.25, 0.3) is 0 Å². The first kappa shape index (κ1) is 16.1. The van der Waals surface area contributed by atoms with Gasteiger partial charge in [0.15, 0.2) is 0 Å². The molecule has 2 fully saturated rings. The van der Waals surface area contributed by atoms with Crippen LogP contribution in [0, 0.1) is 0 Å². The summed E-state index contributed by atoms with van der Waals surface area (Å²) in [6.07, 6.45) is 2.64. The zero-order valence-electron chi connectivity index (χ0n) is 12.5. The minimum atomic E-state index is -1.19. The number of nitrogens with one attached hydrogen (secondary N) is 1. The van der Waals surface area contributed by atoms with Gasteiger partial charge in [-0.15, -0.1) is 0 Å². The molecule has 124 valence electrons. The molecule has 8 heteroatoms. The number of carboxylic acids is 1. The fraction of sp³-hybridized carbons (Fsp3) is 0.533. The van der Waals surface area contributed by atoms with Gasteiger partial charge in [-0.1, -0.05) is 0 Å². The van der Waals surface area contributed by atoms with Crippen molar-refractivity contribution in [1.29, 1.82) is 0 Å². The van der Waals surface area contributed by atoms with E-state index in [0.717, 1.165) is 12.2 Å². The predicted octanol–water partition coefficient (Wildman–Crippen LogP) is 0.939. The van der Waals surface area contributed by atoms with Gasteiger partial charge in [-0.3, -0.25) is 4.79 Å². The summed E-state index contributed by atoms with van der Waals surface area (Å²) >= 11 is 1.52. The molecule has 0 aromatic carbocycles. The fourth-order valence-corrected chi connectivity index (χ4v) is 3.89. The summed E-state index contributed by atoms with van der Waals surface area (Å²) in [4.78, 5) is 28.0. The number of pyridine rings is 1. The molecule has 0 spiro atoms. The number of amides is 1. The van der Waals surface area contributed by atoms with E-state index in [4.69, 9.17) is 9.47 Å². The highest BCUT2D eigenvalue weighted by Gasteiger charge is 2.43. The molecular formula is C15H18N2O5S. The Morgan fingerprint density at radius 2 is 2.39 bits per heavy atom. The SMILES string of the molecule is O=C(NC1(C(=O)O)CCSC1)c1ccnc(OC2CCOC2)c1. The van der Waals surface area contributed by atoms with Crippen LogP contribution in [0.1, 0.15) is 23.2 Å². The van der Waals surface area contributed by atoms with Crippen LogP contribution >= 0.6 is 11.8 Å².